The van der Waals surface area contributed by atoms with E-state index in [1.54, 1.807) is 0 Å². The van der Waals surface area contributed by atoms with Crippen LogP contribution < -0.4 is 5.32 Å². The lowest BCUT2D eigenvalue weighted by atomic mass is 9.96. The minimum absolute atomic E-state index is 0.0362. The molecule has 64 valence electrons. The van der Waals surface area contributed by atoms with E-state index in [0.717, 1.165) is 12.8 Å². The molecule has 3 heteroatoms. The second-order valence-corrected chi connectivity index (χ2v) is 3.06. The fourth-order valence-corrected chi connectivity index (χ4v) is 1.28. The molecule has 1 fully saturated rings. The van der Waals surface area contributed by atoms with Crippen molar-refractivity contribution >= 4 is 5.91 Å². The fraction of sp³-hybridized carbons (Fsp3) is 0.875. The molecule has 0 aromatic carbocycles. The Morgan fingerprint density at radius 1 is 1.55 bits per heavy atom. The highest BCUT2D eigenvalue weighted by Gasteiger charge is 2.36. The van der Waals surface area contributed by atoms with Crippen LogP contribution in [0, 0.1) is 0 Å². The highest BCUT2D eigenvalue weighted by atomic mass is 16.3. The molecule has 0 aromatic heterocycles. The van der Waals surface area contributed by atoms with Crippen molar-refractivity contribution in [3.63, 3.8) is 0 Å². The summed E-state index contributed by atoms with van der Waals surface area (Å²) in [6, 6.07) is 0.0362. The molecule has 1 aliphatic rings. The number of rotatable bonds is 4. The van der Waals surface area contributed by atoms with Crippen molar-refractivity contribution in [2.24, 2.45) is 0 Å². The summed E-state index contributed by atoms with van der Waals surface area (Å²) in [5.41, 5.74) is 0. The number of unbranched alkanes of at least 4 members (excludes halogenated alkanes) is 2. The minimum Gasteiger partial charge on any atom is -0.381 e. The standard InChI is InChI=1S/C8H15NO2/c1-2-3-4-5-6-7(10)8(11)9-6/h6-7,10H,2-5H2,1H3,(H,9,11)/t6-,7+/m0/s1. The highest BCUT2D eigenvalue weighted by molar-refractivity contribution is 5.87. The van der Waals surface area contributed by atoms with Gasteiger partial charge in [-0.15, -0.1) is 0 Å². The third-order valence-corrected chi connectivity index (χ3v) is 2.10. The van der Waals surface area contributed by atoms with Crippen LogP contribution in [0.15, 0.2) is 0 Å². The van der Waals surface area contributed by atoms with E-state index in [2.05, 4.69) is 12.2 Å². The first-order chi connectivity index (χ1) is 5.25. The molecule has 0 bridgehead atoms. The molecule has 0 aromatic rings. The Labute approximate surface area is 66.8 Å². The topological polar surface area (TPSA) is 49.3 Å². The van der Waals surface area contributed by atoms with Crippen LogP contribution in [0.25, 0.3) is 0 Å². The van der Waals surface area contributed by atoms with Crippen LogP contribution >= 0.6 is 0 Å². The molecule has 0 saturated carbocycles. The molecule has 1 heterocycles. The second-order valence-electron chi connectivity index (χ2n) is 3.06. The monoisotopic (exact) mass is 157 g/mol. The second kappa shape index (κ2) is 3.72. The van der Waals surface area contributed by atoms with Crippen LogP contribution in [-0.4, -0.2) is 23.2 Å². The van der Waals surface area contributed by atoms with Gasteiger partial charge in [0.25, 0.3) is 5.91 Å². The number of aliphatic hydroxyl groups is 1. The van der Waals surface area contributed by atoms with E-state index in [1.165, 1.54) is 12.8 Å². The van der Waals surface area contributed by atoms with E-state index in [-0.39, 0.29) is 11.9 Å². The Balaban J connectivity index is 2.05. The number of hydrogen-bond donors (Lipinski definition) is 2. The normalized spacial score (nSPS) is 29.5. The van der Waals surface area contributed by atoms with Crippen LogP contribution in [0.2, 0.25) is 0 Å². The summed E-state index contributed by atoms with van der Waals surface area (Å²) in [4.78, 5) is 10.5. The van der Waals surface area contributed by atoms with Crippen LogP contribution in [0.3, 0.4) is 0 Å². The van der Waals surface area contributed by atoms with Gasteiger partial charge >= 0.3 is 0 Å². The zero-order valence-electron chi connectivity index (χ0n) is 6.84. The van der Waals surface area contributed by atoms with Crippen molar-refractivity contribution < 1.29 is 9.90 Å². The Bertz CT molecular complexity index is 147. The highest BCUT2D eigenvalue weighted by Crippen LogP contribution is 2.13. The molecular formula is C8H15NO2. The molecule has 11 heavy (non-hydrogen) atoms. The maximum atomic E-state index is 10.5. The molecule has 1 rings (SSSR count). The van der Waals surface area contributed by atoms with Crippen LogP contribution in [-0.2, 0) is 4.79 Å². The Morgan fingerprint density at radius 2 is 2.27 bits per heavy atom. The van der Waals surface area contributed by atoms with Crippen molar-refractivity contribution in [1.82, 2.24) is 5.32 Å². The average molecular weight is 157 g/mol. The van der Waals surface area contributed by atoms with Crippen LogP contribution in [0.1, 0.15) is 32.6 Å². The van der Waals surface area contributed by atoms with Crippen LogP contribution in [0.5, 0.6) is 0 Å². The van der Waals surface area contributed by atoms with Crippen LogP contribution in [0.4, 0.5) is 0 Å². The Hall–Kier alpha value is -0.570. The molecule has 0 unspecified atom stereocenters. The number of β-lactam (4-membered cyclic amide) rings is 1. The average Bonchev–Trinajstić information content (AvgIpc) is 2.03. The third-order valence-electron chi connectivity index (χ3n) is 2.10. The lowest BCUT2D eigenvalue weighted by Gasteiger charge is -2.32. The van der Waals surface area contributed by atoms with Gasteiger partial charge in [-0.3, -0.25) is 4.79 Å². The zero-order valence-corrected chi connectivity index (χ0v) is 6.84. The van der Waals surface area contributed by atoms with E-state index < -0.39 is 6.10 Å². The first-order valence-electron chi connectivity index (χ1n) is 4.24. The Kier molecular flexibility index (Phi) is 2.88. The number of aliphatic hydroxyl groups excluding tert-OH is 1. The summed E-state index contributed by atoms with van der Waals surface area (Å²) in [6.45, 7) is 2.13. The van der Waals surface area contributed by atoms with Crippen molar-refractivity contribution in [3.05, 3.63) is 0 Å². The first-order valence-corrected chi connectivity index (χ1v) is 4.24. The number of nitrogens with one attached hydrogen (secondary N) is 1. The zero-order chi connectivity index (χ0) is 8.27. The maximum absolute atomic E-state index is 10.5. The van der Waals surface area contributed by atoms with Gasteiger partial charge in [-0.2, -0.15) is 0 Å². The number of hydrogen-bond acceptors (Lipinski definition) is 2. The molecule has 1 amide bonds. The minimum atomic E-state index is -0.730. The lowest BCUT2D eigenvalue weighted by Crippen LogP contribution is -2.62. The molecule has 2 N–H and O–H groups in total. The summed E-state index contributed by atoms with van der Waals surface area (Å²) in [5, 5.41) is 11.7. The van der Waals surface area contributed by atoms with Crippen molar-refractivity contribution in [1.29, 1.82) is 0 Å². The van der Waals surface area contributed by atoms with Crippen molar-refractivity contribution in [2.75, 3.05) is 0 Å². The van der Waals surface area contributed by atoms with E-state index >= 15 is 0 Å². The van der Waals surface area contributed by atoms with Crippen molar-refractivity contribution in [3.8, 4) is 0 Å². The number of carbonyl (C=O) groups excluding carboxylic acids is 1. The van der Waals surface area contributed by atoms with Gasteiger partial charge in [0.05, 0.1) is 6.04 Å². The van der Waals surface area contributed by atoms with E-state index in [0.29, 0.717) is 0 Å². The lowest BCUT2D eigenvalue weighted by molar-refractivity contribution is -0.142. The van der Waals surface area contributed by atoms with E-state index in [9.17, 15) is 4.79 Å². The third kappa shape index (κ3) is 1.93. The molecule has 2 atom stereocenters. The predicted molar refractivity (Wildman–Crippen MR) is 42.1 cm³/mol. The summed E-state index contributed by atoms with van der Waals surface area (Å²) in [7, 11) is 0. The van der Waals surface area contributed by atoms with Gasteiger partial charge in [0.1, 0.15) is 0 Å². The van der Waals surface area contributed by atoms with Gasteiger partial charge in [0.15, 0.2) is 6.10 Å². The molecule has 1 aliphatic heterocycles. The quantitative estimate of drug-likeness (QED) is 0.459. The molecule has 0 radical (unpaired) electrons. The summed E-state index contributed by atoms with van der Waals surface area (Å²) in [6.07, 6.45) is 3.64. The van der Waals surface area contributed by atoms with Gasteiger partial charge in [-0.05, 0) is 6.42 Å². The summed E-state index contributed by atoms with van der Waals surface area (Å²) >= 11 is 0. The van der Waals surface area contributed by atoms with Gasteiger partial charge in [0.2, 0.25) is 0 Å². The number of carbonyl (C=O) groups is 1. The summed E-state index contributed by atoms with van der Waals surface area (Å²) < 4.78 is 0. The van der Waals surface area contributed by atoms with Gasteiger partial charge in [-0.25, -0.2) is 0 Å². The van der Waals surface area contributed by atoms with Gasteiger partial charge < -0.3 is 10.4 Å². The first kappa shape index (κ1) is 8.53. The summed E-state index contributed by atoms with van der Waals surface area (Å²) in [5.74, 6) is -0.216. The largest absolute Gasteiger partial charge is 0.381 e. The predicted octanol–water partition coefficient (Wildman–Crippen LogP) is 0.426. The number of amides is 1. The van der Waals surface area contributed by atoms with E-state index in [1.807, 2.05) is 0 Å². The Morgan fingerprint density at radius 3 is 2.73 bits per heavy atom. The molecule has 0 spiro atoms. The van der Waals surface area contributed by atoms with Gasteiger partial charge in [0, 0.05) is 0 Å². The molecule has 3 nitrogen and oxygen atoms in total. The molecule has 1 saturated heterocycles. The van der Waals surface area contributed by atoms with E-state index in [4.69, 9.17) is 5.11 Å². The van der Waals surface area contributed by atoms with Crippen molar-refractivity contribution in [2.45, 2.75) is 44.8 Å². The fourth-order valence-electron chi connectivity index (χ4n) is 1.28. The smallest absolute Gasteiger partial charge is 0.251 e. The molecule has 0 aliphatic carbocycles. The molecular weight excluding hydrogens is 142 g/mol. The van der Waals surface area contributed by atoms with Gasteiger partial charge in [-0.1, -0.05) is 26.2 Å². The maximum Gasteiger partial charge on any atom is 0.251 e. The SMILES string of the molecule is CCCCC[C@@H]1NC(=O)[C@@H]1O.